The van der Waals surface area contributed by atoms with Gasteiger partial charge < -0.3 is 0 Å². The second-order valence-electron chi connectivity index (χ2n) is 4.29. The summed E-state index contributed by atoms with van der Waals surface area (Å²) >= 11 is 6.88. The SMILES string of the molecule is CCCc1nc(NC(=O)C(F)(F)F)n(Cc2cnc(Cl)s2)n1. The van der Waals surface area contributed by atoms with E-state index in [-0.39, 0.29) is 12.5 Å². The first-order valence-electron chi connectivity index (χ1n) is 6.21. The van der Waals surface area contributed by atoms with E-state index < -0.39 is 12.1 Å². The lowest BCUT2D eigenvalue weighted by molar-refractivity contribution is -0.167. The van der Waals surface area contributed by atoms with E-state index >= 15 is 0 Å². The van der Waals surface area contributed by atoms with Crippen LogP contribution in [0.25, 0.3) is 0 Å². The Morgan fingerprint density at radius 2 is 2.23 bits per heavy atom. The van der Waals surface area contributed by atoms with E-state index in [1.807, 2.05) is 6.92 Å². The zero-order chi connectivity index (χ0) is 16.3. The smallest absolute Gasteiger partial charge is 0.287 e. The zero-order valence-electron chi connectivity index (χ0n) is 11.3. The predicted molar refractivity (Wildman–Crippen MR) is 74.9 cm³/mol. The highest BCUT2D eigenvalue weighted by Crippen LogP contribution is 2.21. The number of carbonyl (C=O) groups is 1. The van der Waals surface area contributed by atoms with E-state index in [4.69, 9.17) is 11.6 Å². The molecule has 6 nitrogen and oxygen atoms in total. The molecule has 120 valence electrons. The van der Waals surface area contributed by atoms with Crippen LogP contribution in [0.3, 0.4) is 0 Å². The van der Waals surface area contributed by atoms with E-state index in [0.29, 0.717) is 21.6 Å². The van der Waals surface area contributed by atoms with Crippen LogP contribution < -0.4 is 5.32 Å². The summed E-state index contributed by atoms with van der Waals surface area (Å²) in [4.78, 5) is 19.5. The van der Waals surface area contributed by atoms with Gasteiger partial charge in [0, 0.05) is 17.5 Å². The molecule has 0 radical (unpaired) electrons. The molecular formula is C11H11ClF3N5OS. The van der Waals surface area contributed by atoms with Crippen molar-refractivity contribution in [3.05, 3.63) is 21.4 Å². The van der Waals surface area contributed by atoms with E-state index in [1.165, 1.54) is 22.2 Å². The monoisotopic (exact) mass is 353 g/mol. The third-order valence-corrected chi connectivity index (χ3v) is 3.60. The molecule has 0 saturated heterocycles. The number of rotatable bonds is 5. The van der Waals surface area contributed by atoms with Crippen molar-refractivity contribution < 1.29 is 18.0 Å². The van der Waals surface area contributed by atoms with Crippen molar-refractivity contribution >= 4 is 34.8 Å². The number of thiazole rings is 1. The molecule has 2 rings (SSSR count). The third kappa shape index (κ3) is 4.17. The van der Waals surface area contributed by atoms with Gasteiger partial charge in [0.2, 0.25) is 5.95 Å². The molecule has 1 amide bonds. The summed E-state index contributed by atoms with van der Waals surface area (Å²) < 4.78 is 38.6. The third-order valence-electron chi connectivity index (χ3n) is 2.50. The molecule has 0 unspecified atom stereocenters. The minimum Gasteiger partial charge on any atom is -0.287 e. The molecule has 0 saturated carbocycles. The second-order valence-corrected chi connectivity index (χ2v) is 5.99. The Morgan fingerprint density at radius 3 is 2.77 bits per heavy atom. The molecule has 0 atom stereocenters. The van der Waals surface area contributed by atoms with Crippen molar-refractivity contribution in [2.75, 3.05) is 5.32 Å². The fraction of sp³-hybridized carbons (Fsp3) is 0.455. The lowest BCUT2D eigenvalue weighted by atomic mass is 10.3. The Bertz CT molecular complexity index is 669. The number of halogens is 4. The summed E-state index contributed by atoms with van der Waals surface area (Å²) in [5.41, 5.74) is 0. The van der Waals surface area contributed by atoms with Crippen LogP contribution in [-0.2, 0) is 17.8 Å². The van der Waals surface area contributed by atoms with Gasteiger partial charge in [0.25, 0.3) is 0 Å². The molecule has 2 aromatic rings. The molecule has 0 fully saturated rings. The molecule has 0 spiro atoms. The van der Waals surface area contributed by atoms with Gasteiger partial charge in [-0.1, -0.05) is 18.5 Å². The lowest BCUT2D eigenvalue weighted by Gasteiger charge is -2.08. The molecule has 0 aliphatic heterocycles. The number of hydrogen-bond donors (Lipinski definition) is 1. The molecule has 2 aromatic heterocycles. The Labute approximate surface area is 132 Å². The van der Waals surface area contributed by atoms with Crippen LogP contribution in [0.2, 0.25) is 4.47 Å². The highest BCUT2D eigenvalue weighted by molar-refractivity contribution is 7.15. The van der Waals surface area contributed by atoms with Gasteiger partial charge in [-0.2, -0.15) is 23.3 Å². The average Bonchev–Trinajstić information content (AvgIpc) is 2.97. The molecule has 22 heavy (non-hydrogen) atoms. The highest BCUT2D eigenvalue weighted by Gasteiger charge is 2.39. The van der Waals surface area contributed by atoms with Crippen molar-refractivity contribution in [2.24, 2.45) is 0 Å². The Morgan fingerprint density at radius 1 is 1.50 bits per heavy atom. The number of aryl methyl sites for hydroxylation is 1. The Hall–Kier alpha value is -1.68. The second kappa shape index (κ2) is 6.61. The molecule has 0 aliphatic carbocycles. The van der Waals surface area contributed by atoms with Crippen molar-refractivity contribution in [1.82, 2.24) is 19.7 Å². The molecule has 2 heterocycles. The number of nitrogens with one attached hydrogen (secondary N) is 1. The standard InChI is InChI=1S/C11H11ClF3N5OS/c1-2-3-7-17-10(18-8(21)11(13,14)15)20(19-7)5-6-4-16-9(12)22-6/h4H,2-3,5H2,1H3,(H,17,18,19,21). The van der Waals surface area contributed by atoms with Gasteiger partial charge in [0.15, 0.2) is 10.3 Å². The van der Waals surface area contributed by atoms with Crippen LogP contribution >= 0.6 is 22.9 Å². The molecule has 0 aliphatic rings. The van der Waals surface area contributed by atoms with Crippen molar-refractivity contribution in [2.45, 2.75) is 32.5 Å². The average molecular weight is 354 g/mol. The molecule has 1 N–H and O–H groups in total. The summed E-state index contributed by atoms with van der Waals surface area (Å²) in [5.74, 6) is -1.99. The van der Waals surface area contributed by atoms with Gasteiger partial charge in [-0.15, -0.1) is 11.3 Å². The van der Waals surface area contributed by atoms with Crippen LogP contribution in [0.1, 0.15) is 24.0 Å². The van der Waals surface area contributed by atoms with Gasteiger partial charge in [-0.3, -0.25) is 10.1 Å². The van der Waals surface area contributed by atoms with Crippen LogP contribution in [0.4, 0.5) is 19.1 Å². The fourth-order valence-corrected chi connectivity index (χ4v) is 2.56. The van der Waals surface area contributed by atoms with Gasteiger partial charge >= 0.3 is 12.1 Å². The van der Waals surface area contributed by atoms with E-state index in [0.717, 1.165) is 6.42 Å². The molecule has 0 bridgehead atoms. The highest BCUT2D eigenvalue weighted by atomic mass is 35.5. The van der Waals surface area contributed by atoms with Gasteiger partial charge in [0.05, 0.1) is 6.54 Å². The maximum Gasteiger partial charge on any atom is 0.471 e. The Balaban J connectivity index is 2.24. The van der Waals surface area contributed by atoms with E-state index in [2.05, 4.69) is 15.1 Å². The number of carbonyl (C=O) groups excluding carboxylic acids is 1. The summed E-state index contributed by atoms with van der Waals surface area (Å²) in [6.45, 7) is 2.01. The van der Waals surface area contributed by atoms with Gasteiger partial charge in [-0.05, 0) is 6.42 Å². The van der Waals surface area contributed by atoms with Crippen molar-refractivity contribution in [1.29, 1.82) is 0 Å². The van der Waals surface area contributed by atoms with E-state index in [9.17, 15) is 18.0 Å². The molecule has 11 heteroatoms. The molecular weight excluding hydrogens is 343 g/mol. The largest absolute Gasteiger partial charge is 0.471 e. The first-order valence-corrected chi connectivity index (χ1v) is 7.41. The topological polar surface area (TPSA) is 72.7 Å². The van der Waals surface area contributed by atoms with Crippen molar-refractivity contribution in [3.8, 4) is 0 Å². The van der Waals surface area contributed by atoms with Crippen LogP contribution in [-0.4, -0.2) is 31.8 Å². The minimum absolute atomic E-state index is 0.120. The summed E-state index contributed by atoms with van der Waals surface area (Å²) in [6.07, 6.45) is -2.28. The quantitative estimate of drug-likeness (QED) is 0.897. The maximum atomic E-state index is 12.4. The number of alkyl halides is 3. The first kappa shape index (κ1) is 16.7. The number of anilines is 1. The fourth-order valence-electron chi connectivity index (χ4n) is 1.60. The molecule has 0 aromatic carbocycles. The van der Waals surface area contributed by atoms with Crippen LogP contribution in [0.5, 0.6) is 0 Å². The van der Waals surface area contributed by atoms with Crippen LogP contribution in [0.15, 0.2) is 6.20 Å². The van der Waals surface area contributed by atoms with Gasteiger partial charge in [0.1, 0.15) is 0 Å². The van der Waals surface area contributed by atoms with Crippen molar-refractivity contribution in [3.63, 3.8) is 0 Å². The Kier molecular flexibility index (Phi) is 5.01. The summed E-state index contributed by atoms with van der Waals surface area (Å²) in [5, 5.41) is 5.83. The van der Waals surface area contributed by atoms with Gasteiger partial charge in [-0.25, -0.2) is 9.67 Å². The van der Waals surface area contributed by atoms with E-state index in [1.54, 1.807) is 5.32 Å². The number of nitrogens with zero attached hydrogens (tertiary/aromatic N) is 4. The lowest BCUT2D eigenvalue weighted by Crippen LogP contribution is -2.31. The summed E-state index contributed by atoms with van der Waals surface area (Å²) in [6, 6.07) is 0. The number of aromatic nitrogens is 4. The number of amides is 1. The zero-order valence-corrected chi connectivity index (χ0v) is 12.9. The number of hydrogen-bond acceptors (Lipinski definition) is 5. The maximum absolute atomic E-state index is 12.4. The first-order chi connectivity index (χ1) is 10.3. The normalized spacial score (nSPS) is 11.7. The minimum atomic E-state index is -4.99. The van der Waals surface area contributed by atoms with Crippen LogP contribution in [0, 0.1) is 0 Å². The summed E-state index contributed by atoms with van der Waals surface area (Å²) in [7, 11) is 0. The predicted octanol–water partition coefficient (Wildman–Crippen LogP) is 2.89.